The van der Waals surface area contributed by atoms with Crippen molar-refractivity contribution in [3.63, 3.8) is 0 Å². The molecule has 2 rings (SSSR count). The number of hydroxylamine groups is 2. The number of hydrogen-bond acceptors (Lipinski definition) is 3. The average Bonchev–Trinajstić information content (AvgIpc) is 2.69. The summed E-state index contributed by atoms with van der Waals surface area (Å²) in [5, 5.41) is 10.4. The first-order chi connectivity index (χ1) is 15.0. The highest BCUT2D eigenvalue weighted by Gasteiger charge is 2.71. The van der Waals surface area contributed by atoms with E-state index in [1.807, 2.05) is 0 Å². The van der Waals surface area contributed by atoms with E-state index in [2.05, 4.69) is 0 Å². The van der Waals surface area contributed by atoms with Crippen LogP contribution in [0.15, 0.2) is 30.3 Å². The third-order valence-electron chi connectivity index (χ3n) is 5.31. The fourth-order valence-corrected chi connectivity index (χ4v) is 3.40. The number of amides is 1. The molecule has 1 amide bonds. The number of benzene rings is 2. The summed E-state index contributed by atoms with van der Waals surface area (Å²) < 4.78 is 94.1. The molecule has 0 radical (unpaired) electrons. The average molecular weight is 481 g/mol. The van der Waals surface area contributed by atoms with Crippen LogP contribution < -0.4 is 0 Å². The Kier molecular flexibility index (Phi) is 7.20. The summed E-state index contributed by atoms with van der Waals surface area (Å²) in [7, 11) is 2.48. The van der Waals surface area contributed by atoms with Crippen LogP contribution in [0, 0.1) is 12.7 Å². The van der Waals surface area contributed by atoms with Gasteiger partial charge in [0, 0.05) is 12.6 Å². The Morgan fingerprint density at radius 1 is 1.00 bits per heavy atom. The molecule has 0 heterocycles. The van der Waals surface area contributed by atoms with Crippen molar-refractivity contribution in [3.05, 3.63) is 58.4 Å². The summed E-state index contributed by atoms with van der Waals surface area (Å²) in [6.07, 6.45) is -12.0. The number of alkyl halides is 6. The largest absolute Gasteiger partial charge is 0.430 e. The summed E-state index contributed by atoms with van der Waals surface area (Å²) in [6.45, 7) is 4.69. The van der Waals surface area contributed by atoms with Crippen molar-refractivity contribution < 1.29 is 45.5 Å². The Bertz CT molecular complexity index is 1030. The summed E-state index contributed by atoms with van der Waals surface area (Å²) >= 11 is 0. The van der Waals surface area contributed by atoms with Crippen molar-refractivity contribution in [3.8, 4) is 11.1 Å². The van der Waals surface area contributed by atoms with Gasteiger partial charge >= 0.3 is 12.4 Å². The monoisotopic (exact) mass is 481 g/mol. The van der Waals surface area contributed by atoms with Gasteiger partial charge in [0.25, 0.3) is 11.5 Å². The maximum absolute atomic E-state index is 14.8. The van der Waals surface area contributed by atoms with Crippen LogP contribution in [-0.2, 0) is 10.4 Å². The second-order valence-electron chi connectivity index (χ2n) is 7.79. The molecule has 4 nitrogen and oxygen atoms in total. The van der Waals surface area contributed by atoms with Gasteiger partial charge in [0.15, 0.2) is 0 Å². The van der Waals surface area contributed by atoms with Crippen LogP contribution in [-0.4, -0.2) is 42.6 Å². The molecule has 11 heteroatoms. The predicted molar refractivity (Wildman–Crippen MR) is 106 cm³/mol. The molecule has 0 fully saturated rings. The van der Waals surface area contributed by atoms with Gasteiger partial charge in [-0.25, -0.2) is 9.45 Å². The molecule has 0 unspecified atom stereocenters. The maximum Gasteiger partial charge on any atom is 0.430 e. The van der Waals surface area contributed by atoms with Gasteiger partial charge in [-0.3, -0.25) is 9.63 Å². The van der Waals surface area contributed by atoms with E-state index in [0.29, 0.717) is 17.7 Å². The van der Waals surface area contributed by atoms with E-state index < -0.39 is 35.2 Å². The van der Waals surface area contributed by atoms with Crippen molar-refractivity contribution in [1.29, 1.82) is 0 Å². The van der Waals surface area contributed by atoms with Crippen LogP contribution in [0.1, 0.15) is 46.8 Å². The molecule has 0 aromatic heterocycles. The fraction of sp³-hybridized carbons (Fsp3) is 0.409. The molecular weight excluding hydrogens is 459 g/mol. The summed E-state index contributed by atoms with van der Waals surface area (Å²) in [4.78, 5) is 17.1. The Morgan fingerprint density at radius 2 is 1.55 bits per heavy atom. The Labute approximate surface area is 185 Å². The number of hydrogen-bond donors (Lipinski definition) is 1. The van der Waals surface area contributed by atoms with Gasteiger partial charge in [0.1, 0.15) is 5.82 Å². The molecule has 0 atom stereocenters. The minimum atomic E-state index is -6.02. The van der Waals surface area contributed by atoms with Gasteiger partial charge in [-0.15, -0.1) is 0 Å². The van der Waals surface area contributed by atoms with Crippen LogP contribution in [0.5, 0.6) is 0 Å². The topological polar surface area (TPSA) is 49.8 Å². The zero-order valence-electron chi connectivity index (χ0n) is 18.3. The molecule has 2 aromatic rings. The van der Waals surface area contributed by atoms with E-state index in [1.165, 1.54) is 27.1 Å². The lowest BCUT2D eigenvalue weighted by Crippen LogP contribution is -2.53. The van der Waals surface area contributed by atoms with E-state index in [9.17, 15) is 40.6 Å². The van der Waals surface area contributed by atoms with Gasteiger partial charge < -0.3 is 5.11 Å². The fourth-order valence-electron chi connectivity index (χ4n) is 3.40. The van der Waals surface area contributed by atoms with Gasteiger partial charge in [-0.2, -0.15) is 26.3 Å². The van der Waals surface area contributed by atoms with Crippen LogP contribution in [0.2, 0.25) is 0 Å². The molecule has 1 N–H and O–H groups in total. The van der Waals surface area contributed by atoms with Crippen molar-refractivity contribution >= 4 is 5.91 Å². The summed E-state index contributed by atoms with van der Waals surface area (Å²) in [5.41, 5.74) is -6.10. The minimum absolute atomic E-state index is 0.0613. The Hall–Kier alpha value is -2.66. The lowest BCUT2D eigenvalue weighted by Gasteiger charge is -2.33. The third-order valence-corrected chi connectivity index (χ3v) is 5.31. The van der Waals surface area contributed by atoms with Gasteiger partial charge in [-0.1, -0.05) is 32.0 Å². The molecule has 0 aliphatic heterocycles. The number of halogens is 7. The minimum Gasteiger partial charge on any atom is -0.369 e. The number of aryl methyl sites for hydroxylation is 1. The van der Waals surface area contributed by atoms with Crippen molar-refractivity contribution in [2.45, 2.75) is 44.6 Å². The number of nitrogens with zero attached hydrogens (tertiary/aromatic N) is 1. The first kappa shape index (κ1) is 26.6. The highest BCUT2D eigenvalue weighted by atomic mass is 19.4. The molecule has 0 bridgehead atoms. The summed E-state index contributed by atoms with van der Waals surface area (Å²) in [6, 6.07) is 4.28. The zero-order valence-corrected chi connectivity index (χ0v) is 18.3. The Morgan fingerprint density at radius 3 is 1.97 bits per heavy atom. The zero-order chi connectivity index (χ0) is 25.5. The standard InChI is InChI=1S/C22H22F7NO3/c1-11(2)15-9-17(19(31)30(4)33-5)18(23)10-16(15)14-7-6-13(8-12(14)3)20(32,21(24,25)26)22(27,28)29/h6-11,32H,1-5H3. The van der Waals surface area contributed by atoms with Crippen LogP contribution in [0.3, 0.4) is 0 Å². The first-order valence-corrected chi connectivity index (χ1v) is 9.60. The molecule has 0 aliphatic rings. The lowest BCUT2D eigenvalue weighted by molar-refractivity contribution is -0.376. The maximum atomic E-state index is 14.8. The molecule has 0 saturated heterocycles. The van der Waals surface area contributed by atoms with E-state index in [1.54, 1.807) is 13.8 Å². The lowest BCUT2D eigenvalue weighted by atomic mass is 9.85. The smallest absolute Gasteiger partial charge is 0.369 e. The molecule has 0 spiro atoms. The SMILES string of the molecule is CON(C)C(=O)c1cc(C(C)C)c(-c2ccc(C(O)(C(F)(F)F)C(F)(F)F)cc2C)cc1F. The van der Waals surface area contributed by atoms with Crippen LogP contribution >= 0.6 is 0 Å². The molecule has 182 valence electrons. The van der Waals surface area contributed by atoms with Crippen LogP contribution in [0.4, 0.5) is 30.7 Å². The number of aliphatic hydroxyl groups is 1. The van der Waals surface area contributed by atoms with E-state index in [0.717, 1.165) is 17.2 Å². The highest BCUT2D eigenvalue weighted by Crippen LogP contribution is 2.50. The van der Waals surface area contributed by atoms with Crippen molar-refractivity contribution in [1.82, 2.24) is 5.06 Å². The van der Waals surface area contributed by atoms with E-state index in [4.69, 9.17) is 4.84 Å². The second-order valence-corrected chi connectivity index (χ2v) is 7.79. The number of rotatable bonds is 5. The van der Waals surface area contributed by atoms with Gasteiger partial charge in [0.2, 0.25) is 0 Å². The first-order valence-electron chi connectivity index (χ1n) is 9.60. The molecular formula is C22H22F7NO3. The van der Waals surface area contributed by atoms with Gasteiger partial charge in [0.05, 0.1) is 12.7 Å². The van der Waals surface area contributed by atoms with Crippen LogP contribution in [0.25, 0.3) is 11.1 Å². The normalized spacial score (nSPS) is 12.9. The third kappa shape index (κ3) is 4.70. The quantitative estimate of drug-likeness (QED) is 0.429. The van der Waals surface area contributed by atoms with Crippen molar-refractivity contribution in [2.75, 3.05) is 14.2 Å². The Balaban J connectivity index is 2.72. The van der Waals surface area contributed by atoms with E-state index >= 15 is 0 Å². The predicted octanol–water partition coefficient (Wildman–Crippen LogP) is 5.87. The molecule has 0 saturated carbocycles. The van der Waals surface area contributed by atoms with Gasteiger partial charge in [-0.05, 0) is 47.2 Å². The molecule has 33 heavy (non-hydrogen) atoms. The molecule has 2 aromatic carbocycles. The second kappa shape index (κ2) is 8.94. The van der Waals surface area contributed by atoms with Crippen molar-refractivity contribution in [2.24, 2.45) is 0 Å². The molecule has 0 aliphatic carbocycles. The summed E-state index contributed by atoms with van der Waals surface area (Å²) in [5.74, 6) is -2.02. The number of carbonyl (C=O) groups is 1. The number of carbonyl (C=O) groups excluding carboxylic acids is 1. The van der Waals surface area contributed by atoms with E-state index in [-0.39, 0.29) is 28.2 Å². The highest BCUT2D eigenvalue weighted by molar-refractivity contribution is 5.95.